The van der Waals surface area contributed by atoms with Gasteiger partial charge in [-0.3, -0.25) is 9.59 Å². The van der Waals surface area contributed by atoms with Gasteiger partial charge in [-0.25, -0.2) is 0 Å². The fourth-order valence-electron chi connectivity index (χ4n) is 0.955. The third-order valence-electron chi connectivity index (χ3n) is 1.60. The Labute approximate surface area is 91.1 Å². The van der Waals surface area contributed by atoms with Crippen molar-refractivity contribution in [3.8, 4) is 12.1 Å². The number of carbonyl (C=O) groups excluding carboxylic acids is 2. The number of hydrogen-bond acceptors (Lipinski definition) is 4. The van der Waals surface area contributed by atoms with Gasteiger partial charge in [0.2, 0.25) is 0 Å². The van der Waals surface area contributed by atoms with Crippen molar-refractivity contribution < 1.29 is 9.59 Å². The molecule has 6 nitrogen and oxygen atoms in total. The summed E-state index contributed by atoms with van der Waals surface area (Å²) in [6.45, 7) is 0. The van der Waals surface area contributed by atoms with Crippen molar-refractivity contribution in [2.24, 2.45) is 0 Å². The summed E-state index contributed by atoms with van der Waals surface area (Å²) in [5, 5.41) is 21.1. The zero-order valence-electron chi connectivity index (χ0n) is 8.02. The first-order chi connectivity index (χ1) is 7.65. The van der Waals surface area contributed by atoms with Crippen LogP contribution >= 0.6 is 0 Å². The summed E-state index contributed by atoms with van der Waals surface area (Å²) in [6.07, 6.45) is 0. The summed E-state index contributed by atoms with van der Waals surface area (Å²) in [7, 11) is 0. The highest BCUT2D eigenvalue weighted by Crippen LogP contribution is 2.13. The zero-order chi connectivity index (χ0) is 12.0. The van der Waals surface area contributed by atoms with Gasteiger partial charge < -0.3 is 10.6 Å². The molecule has 16 heavy (non-hydrogen) atoms. The topological polar surface area (TPSA) is 106 Å². The maximum atomic E-state index is 10.7. The van der Waals surface area contributed by atoms with Crippen LogP contribution in [0, 0.1) is 22.7 Å². The van der Waals surface area contributed by atoms with Gasteiger partial charge in [-0.15, -0.1) is 0 Å². The quantitative estimate of drug-likeness (QED) is 0.703. The Balaban J connectivity index is 2.69. The lowest BCUT2D eigenvalue weighted by Gasteiger charge is -2.02. The molecule has 0 saturated heterocycles. The van der Waals surface area contributed by atoms with Gasteiger partial charge in [-0.1, -0.05) is 0 Å². The molecular weight excluding hydrogens is 208 g/mol. The number of nitrogens with zero attached hydrogens (tertiary/aromatic N) is 2. The van der Waals surface area contributed by atoms with Crippen molar-refractivity contribution in [2.75, 3.05) is 10.6 Å². The largest absolute Gasteiger partial charge is 0.326 e. The van der Waals surface area contributed by atoms with Gasteiger partial charge in [0.15, 0.2) is 12.1 Å². The summed E-state index contributed by atoms with van der Waals surface area (Å²) in [4.78, 5) is 21.4. The minimum absolute atomic E-state index is 0.432. The van der Waals surface area contributed by atoms with Gasteiger partial charge in [0.1, 0.15) is 0 Å². The van der Waals surface area contributed by atoms with E-state index in [0.29, 0.717) is 11.4 Å². The number of carbonyl (C=O) groups is 2. The second kappa shape index (κ2) is 5.13. The molecule has 0 radical (unpaired) electrons. The van der Waals surface area contributed by atoms with Crippen LogP contribution in [0.2, 0.25) is 0 Å². The highest BCUT2D eigenvalue weighted by atomic mass is 16.2. The molecule has 78 valence electrons. The Morgan fingerprint density at radius 2 is 1.19 bits per heavy atom. The van der Waals surface area contributed by atoms with E-state index in [1.165, 1.54) is 36.4 Å². The molecule has 1 aromatic carbocycles. The highest BCUT2D eigenvalue weighted by molar-refractivity contribution is 6.03. The zero-order valence-corrected chi connectivity index (χ0v) is 8.02. The molecule has 0 aliphatic carbocycles. The van der Waals surface area contributed by atoms with Crippen LogP contribution in [-0.2, 0) is 9.59 Å². The minimum atomic E-state index is -0.770. The summed E-state index contributed by atoms with van der Waals surface area (Å²) in [5.41, 5.74) is 0.864. The molecule has 1 rings (SSSR count). The summed E-state index contributed by atoms with van der Waals surface area (Å²) < 4.78 is 0. The lowest BCUT2D eigenvalue weighted by atomic mass is 10.2. The maximum absolute atomic E-state index is 10.7. The van der Waals surface area contributed by atoms with E-state index in [9.17, 15) is 9.59 Å². The van der Waals surface area contributed by atoms with E-state index in [2.05, 4.69) is 10.6 Å². The van der Waals surface area contributed by atoms with E-state index < -0.39 is 11.8 Å². The molecule has 0 heterocycles. The summed E-state index contributed by atoms with van der Waals surface area (Å²) in [5.74, 6) is -1.54. The molecule has 1 aromatic rings. The van der Waals surface area contributed by atoms with Crippen molar-refractivity contribution in [1.82, 2.24) is 0 Å². The van der Waals surface area contributed by atoms with Gasteiger partial charge in [0, 0.05) is 11.4 Å². The van der Waals surface area contributed by atoms with Crippen molar-refractivity contribution in [1.29, 1.82) is 10.5 Å². The number of rotatable bonds is 2. The summed E-state index contributed by atoms with van der Waals surface area (Å²) in [6, 6.07) is 8.82. The molecule has 0 unspecified atom stereocenters. The van der Waals surface area contributed by atoms with Crippen LogP contribution < -0.4 is 10.6 Å². The molecule has 0 bridgehead atoms. The first kappa shape index (κ1) is 11.2. The Kier molecular flexibility index (Phi) is 3.59. The molecule has 0 atom stereocenters. The van der Waals surface area contributed by atoms with Crippen LogP contribution in [0.3, 0.4) is 0 Å². The van der Waals surface area contributed by atoms with E-state index in [-0.39, 0.29) is 0 Å². The monoisotopic (exact) mass is 214 g/mol. The van der Waals surface area contributed by atoms with Crippen molar-refractivity contribution in [2.45, 2.75) is 0 Å². The minimum Gasteiger partial charge on any atom is -0.313 e. The van der Waals surface area contributed by atoms with E-state index in [4.69, 9.17) is 10.5 Å². The molecule has 0 saturated carbocycles. The molecule has 0 aromatic heterocycles. The predicted molar refractivity (Wildman–Crippen MR) is 54.9 cm³/mol. The van der Waals surface area contributed by atoms with Gasteiger partial charge in [-0.05, 0) is 24.3 Å². The van der Waals surface area contributed by atoms with Gasteiger partial charge in [0.25, 0.3) is 0 Å². The Morgan fingerprint density at radius 3 is 1.44 bits per heavy atom. The van der Waals surface area contributed by atoms with Gasteiger partial charge in [-0.2, -0.15) is 10.5 Å². The number of anilines is 2. The Hall–Kier alpha value is -2.86. The second-order valence-electron chi connectivity index (χ2n) is 2.71. The van der Waals surface area contributed by atoms with E-state index >= 15 is 0 Å². The van der Waals surface area contributed by atoms with Crippen LogP contribution in [0.4, 0.5) is 11.4 Å². The first-order valence-electron chi connectivity index (χ1n) is 4.18. The van der Waals surface area contributed by atoms with E-state index in [0.717, 1.165) is 0 Å². The lowest BCUT2D eigenvalue weighted by molar-refractivity contribution is -0.112. The van der Waals surface area contributed by atoms with Crippen LogP contribution in [0.1, 0.15) is 0 Å². The van der Waals surface area contributed by atoms with Crippen LogP contribution in [0.15, 0.2) is 24.3 Å². The second-order valence-corrected chi connectivity index (χ2v) is 2.71. The molecule has 0 spiro atoms. The number of hydrogen-bond donors (Lipinski definition) is 2. The Bertz CT molecular complexity index is 446. The maximum Gasteiger partial charge on any atom is 0.326 e. The molecule has 0 aliphatic heterocycles. The van der Waals surface area contributed by atoms with E-state index in [1.807, 2.05) is 0 Å². The number of benzene rings is 1. The Morgan fingerprint density at radius 1 is 0.875 bits per heavy atom. The molecule has 0 fully saturated rings. The van der Waals surface area contributed by atoms with Gasteiger partial charge in [0.05, 0.1) is 0 Å². The fourth-order valence-corrected chi connectivity index (χ4v) is 0.955. The lowest BCUT2D eigenvalue weighted by Crippen LogP contribution is -2.09. The van der Waals surface area contributed by atoms with E-state index in [1.54, 1.807) is 0 Å². The fraction of sp³-hybridized carbons (Fsp3) is 0. The highest BCUT2D eigenvalue weighted by Gasteiger charge is 2.01. The van der Waals surface area contributed by atoms with Crippen molar-refractivity contribution in [3.05, 3.63) is 24.3 Å². The number of nitrogens with one attached hydrogen (secondary N) is 2. The normalized spacial score (nSPS) is 8.38. The SMILES string of the molecule is N#CC(=O)Nc1ccc(NC(=O)C#N)cc1. The van der Waals surface area contributed by atoms with Crippen LogP contribution in [0.5, 0.6) is 0 Å². The van der Waals surface area contributed by atoms with Gasteiger partial charge >= 0.3 is 11.8 Å². The third-order valence-corrected chi connectivity index (χ3v) is 1.60. The molecule has 0 aliphatic rings. The molecule has 2 N–H and O–H groups in total. The average molecular weight is 214 g/mol. The molecular formula is C10H6N4O2. The first-order valence-corrected chi connectivity index (χ1v) is 4.18. The third kappa shape index (κ3) is 3.13. The molecule has 2 amide bonds. The average Bonchev–Trinajstić information content (AvgIpc) is 2.31. The number of nitriles is 2. The van der Waals surface area contributed by atoms with Crippen LogP contribution in [0.25, 0.3) is 0 Å². The molecule has 6 heteroatoms. The number of amides is 2. The van der Waals surface area contributed by atoms with Crippen molar-refractivity contribution in [3.63, 3.8) is 0 Å². The summed E-state index contributed by atoms with van der Waals surface area (Å²) >= 11 is 0. The standard InChI is InChI=1S/C10H6N4O2/c11-5-9(15)13-7-1-2-8(4-3-7)14-10(16)6-12/h1-4H,(H,13,15)(H,14,16). The smallest absolute Gasteiger partial charge is 0.313 e. The predicted octanol–water partition coefficient (Wildman–Crippen LogP) is 0.611. The van der Waals surface area contributed by atoms with Crippen molar-refractivity contribution >= 4 is 23.2 Å². The van der Waals surface area contributed by atoms with Crippen LogP contribution in [-0.4, -0.2) is 11.8 Å².